The first-order chi connectivity index (χ1) is 8.15. The summed E-state index contributed by atoms with van der Waals surface area (Å²) < 4.78 is 5.41. The Morgan fingerprint density at radius 2 is 1.76 bits per heavy atom. The topological polar surface area (TPSA) is 72.6 Å². The fourth-order valence-corrected chi connectivity index (χ4v) is 1.32. The molecule has 0 bridgehead atoms. The highest BCUT2D eigenvalue weighted by atomic mass is 16.6. The lowest BCUT2D eigenvalue weighted by Crippen LogP contribution is -1.88. The molecule has 1 N–H and O–H groups in total. The van der Waals surface area contributed by atoms with Crippen molar-refractivity contribution in [2.24, 2.45) is 0 Å². The number of phenolic OH excluding ortho intramolecular Hbond substituents is 1. The van der Waals surface area contributed by atoms with Crippen LogP contribution in [0, 0.1) is 10.1 Å². The SMILES string of the molecule is O=[N+]([O-])c1ccc(Oc2cccc(O)c2)cc1. The molecular formula is C12H9NO4. The number of nitro benzene ring substituents is 1. The van der Waals surface area contributed by atoms with Gasteiger partial charge in [0.15, 0.2) is 0 Å². The molecule has 0 saturated heterocycles. The molecule has 0 aromatic heterocycles. The second-order valence-electron chi connectivity index (χ2n) is 3.35. The Bertz CT molecular complexity index is 536. The highest BCUT2D eigenvalue weighted by Gasteiger charge is 2.05. The molecule has 0 saturated carbocycles. The molecule has 0 aliphatic carbocycles. The molecule has 0 spiro atoms. The maximum atomic E-state index is 10.4. The molecule has 0 aliphatic rings. The van der Waals surface area contributed by atoms with Gasteiger partial charge in [-0.3, -0.25) is 10.1 Å². The van der Waals surface area contributed by atoms with Crippen LogP contribution in [0.1, 0.15) is 0 Å². The first-order valence-corrected chi connectivity index (χ1v) is 4.86. The van der Waals surface area contributed by atoms with Crippen LogP contribution in [0.3, 0.4) is 0 Å². The van der Waals surface area contributed by atoms with E-state index in [4.69, 9.17) is 4.74 Å². The van der Waals surface area contributed by atoms with E-state index in [9.17, 15) is 15.2 Å². The van der Waals surface area contributed by atoms with E-state index in [0.717, 1.165) is 0 Å². The van der Waals surface area contributed by atoms with E-state index in [1.807, 2.05) is 0 Å². The van der Waals surface area contributed by atoms with Gasteiger partial charge in [0.1, 0.15) is 17.2 Å². The van der Waals surface area contributed by atoms with Crippen LogP contribution >= 0.6 is 0 Å². The second kappa shape index (κ2) is 4.52. The molecule has 5 heteroatoms. The Kier molecular flexibility index (Phi) is 2.91. The number of rotatable bonds is 3. The minimum atomic E-state index is -0.474. The van der Waals surface area contributed by atoms with Crippen LogP contribution in [0.5, 0.6) is 17.2 Å². The Hall–Kier alpha value is -2.56. The van der Waals surface area contributed by atoms with E-state index < -0.39 is 4.92 Å². The molecule has 0 heterocycles. The van der Waals surface area contributed by atoms with Gasteiger partial charge in [-0.25, -0.2) is 0 Å². The highest BCUT2D eigenvalue weighted by molar-refractivity contribution is 5.40. The van der Waals surface area contributed by atoms with Crippen molar-refractivity contribution in [1.82, 2.24) is 0 Å². The van der Waals surface area contributed by atoms with Crippen molar-refractivity contribution in [2.45, 2.75) is 0 Å². The predicted molar refractivity (Wildman–Crippen MR) is 61.3 cm³/mol. The molecular weight excluding hydrogens is 222 g/mol. The maximum Gasteiger partial charge on any atom is 0.269 e. The van der Waals surface area contributed by atoms with E-state index >= 15 is 0 Å². The Morgan fingerprint density at radius 3 is 2.35 bits per heavy atom. The minimum Gasteiger partial charge on any atom is -0.508 e. The fourth-order valence-electron chi connectivity index (χ4n) is 1.32. The Morgan fingerprint density at radius 1 is 1.06 bits per heavy atom. The van der Waals surface area contributed by atoms with Crippen LogP contribution in [-0.2, 0) is 0 Å². The third-order valence-corrected chi connectivity index (χ3v) is 2.10. The van der Waals surface area contributed by atoms with E-state index in [-0.39, 0.29) is 11.4 Å². The standard InChI is InChI=1S/C12H9NO4/c14-10-2-1-3-12(8-10)17-11-6-4-9(5-7-11)13(15)16/h1-8,14H. The summed E-state index contributed by atoms with van der Waals surface area (Å²) in [4.78, 5) is 9.97. The summed E-state index contributed by atoms with van der Waals surface area (Å²) in [6.45, 7) is 0. The van der Waals surface area contributed by atoms with Crippen LogP contribution < -0.4 is 4.74 Å². The lowest BCUT2D eigenvalue weighted by Gasteiger charge is -2.05. The fraction of sp³-hybridized carbons (Fsp3) is 0. The quantitative estimate of drug-likeness (QED) is 0.650. The summed E-state index contributed by atoms with van der Waals surface area (Å²) in [5, 5.41) is 19.7. The van der Waals surface area contributed by atoms with Gasteiger partial charge in [-0.05, 0) is 24.3 Å². The summed E-state index contributed by atoms with van der Waals surface area (Å²) in [7, 11) is 0. The van der Waals surface area contributed by atoms with E-state index in [1.165, 1.54) is 36.4 Å². The Balaban J connectivity index is 2.16. The smallest absolute Gasteiger partial charge is 0.269 e. The molecule has 0 atom stereocenters. The molecule has 0 fully saturated rings. The highest BCUT2D eigenvalue weighted by Crippen LogP contribution is 2.25. The normalized spacial score (nSPS) is 9.88. The summed E-state index contributed by atoms with van der Waals surface area (Å²) in [5.41, 5.74) is 0.00765. The molecule has 2 aromatic carbocycles. The zero-order chi connectivity index (χ0) is 12.3. The maximum absolute atomic E-state index is 10.4. The van der Waals surface area contributed by atoms with E-state index in [1.54, 1.807) is 12.1 Å². The van der Waals surface area contributed by atoms with Gasteiger partial charge < -0.3 is 9.84 Å². The lowest BCUT2D eigenvalue weighted by atomic mass is 10.3. The van der Waals surface area contributed by atoms with Crippen LogP contribution in [-0.4, -0.2) is 10.0 Å². The minimum absolute atomic E-state index is 0.00765. The van der Waals surface area contributed by atoms with Crippen LogP contribution in [0.4, 0.5) is 5.69 Å². The predicted octanol–water partition coefficient (Wildman–Crippen LogP) is 3.09. The van der Waals surface area contributed by atoms with Crippen LogP contribution in [0.2, 0.25) is 0 Å². The molecule has 86 valence electrons. The van der Waals surface area contributed by atoms with E-state index in [2.05, 4.69) is 0 Å². The second-order valence-corrected chi connectivity index (χ2v) is 3.35. The molecule has 17 heavy (non-hydrogen) atoms. The largest absolute Gasteiger partial charge is 0.508 e. The lowest BCUT2D eigenvalue weighted by molar-refractivity contribution is -0.384. The number of hydrogen-bond acceptors (Lipinski definition) is 4. The van der Waals surface area contributed by atoms with Crippen molar-refractivity contribution < 1.29 is 14.8 Å². The monoisotopic (exact) mass is 231 g/mol. The first-order valence-electron chi connectivity index (χ1n) is 4.86. The van der Waals surface area contributed by atoms with E-state index in [0.29, 0.717) is 11.5 Å². The summed E-state index contributed by atoms with van der Waals surface area (Å²) in [5.74, 6) is 1.05. The summed E-state index contributed by atoms with van der Waals surface area (Å²) in [6.07, 6.45) is 0. The van der Waals surface area contributed by atoms with Crippen molar-refractivity contribution in [2.75, 3.05) is 0 Å². The molecule has 2 aromatic rings. The van der Waals surface area contributed by atoms with Crippen LogP contribution in [0.15, 0.2) is 48.5 Å². The van der Waals surface area contributed by atoms with Gasteiger partial charge in [-0.2, -0.15) is 0 Å². The number of non-ortho nitro benzene ring substituents is 1. The van der Waals surface area contributed by atoms with Gasteiger partial charge in [0.25, 0.3) is 5.69 Å². The van der Waals surface area contributed by atoms with Crippen molar-refractivity contribution >= 4 is 5.69 Å². The van der Waals surface area contributed by atoms with Gasteiger partial charge >= 0.3 is 0 Å². The average molecular weight is 231 g/mol. The van der Waals surface area contributed by atoms with Crippen molar-refractivity contribution in [1.29, 1.82) is 0 Å². The number of nitrogens with zero attached hydrogens (tertiary/aromatic N) is 1. The third-order valence-electron chi connectivity index (χ3n) is 2.10. The number of hydrogen-bond donors (Lipinski definition) is 1. The number of nitro groups is 1. The van der Waals surface area contributed by atoms with Gasteiger partial charge in [0, 0.05) is 18.2 Å². The van der Waals surface area contributed by atoms with Crippen LogP contribution in [0.25, 0.3) is 0 Å². The summed E-state index contributed by atoms with van der Waals surface area (Å²) in [6, 6.07) is 12.0. The zero-order valence-corrected chi connectivity index (χ0v) is 8.74. The van der Waals surface area contributed by atoms with Gasteiger partial charge in [-0.15, -0.1) is 0 Å². The first kappa shape index (κ1) is 10.9. The average Bonchev–Trinajstić information content (AvgIpc) is 2.29. The van der Waals surface area contributed by atoms with Crippen molar-refractivity contribution in [3.05, 3.63) is 58.6 Å². The molecule has 0 amide bonds. The summed E-state index contributed by atoms with van der Waals surface area (Å²) >= 11 is 0. The Labute approximate surface area is 97.0 Å². The number of benzene rings is 2. The van der Waals surface area contributed by atoms with Gasteiger partial charge in [-0.1, -0.05) is 6.07 Å². The molecule has 5 nitrogen and oxygen atoms in total. The number of phenols is 1. The molecule has 0 radical (unpaired) electrons. The molecule has 0 aliphatic heterocycles. The molecule has 0 unspecified atom stereocenters. The number of ether oxygens (including phenoxy) is 1. The molecule has 2 rings (SSSR count). The zero-order valence-electron chi connectivity index (χ0n) is 8.74. The van der Waals surface area contributed by atoms with Crippen molar-refractivity contribution in [3.8, 4) is 17.2 Å². The number of aromatic hydroxyl groups is 1. The van der Waals surface area contributed by atoms with Gasteiger partial charge in [0.2, 0.25) is 0 Å². The van der Waals surface area contributed by atoms with Crippen molar-refractivity contribution in [3.63, 3.8) is 0 Å². The van der Waals surface area contributed by atoms with Gasteiger partial charge in [0.05, 0.1) is 4.92 Å². The third kappa shape index (κ3) is 2.72.